The molecule has 2 heterocycles. The van der Waals surface area contributed by atoms with Gasteiger partial charge in [0.05, 0.1) is 17.9 Å². The van der Waals surface area contributed by atoms with E-state index in [1.807, 2.05) is 20.8 Å². The van der Waals surface area contributed by atoms with Crippen LogP contribution >= 0.6 is 0 Å². The van der Waals surface area contributed by atoms with Crippen LogP contribution in [0.5, 0.6) is 0 Å². The van der Waals surface area contributed by atoms with E-state index in [4.69, 9.17) is 4.52 Å². The summed E-state index contributed by atoms with van der Waals surface area (Å²) < 4.78 is 33.8. The maximum atomic E-state index is 12.3. The molecule has 8 heteroatoms. The molecule has 0 bridgehead atoms. The van der Waals surface area contributed by atoms with E-state index in [1.54, 1.807) is 23.9 Å². The van der Waals surface area contributed by atoms with Crippen molar-refractivity contribution in [1.29, 1.82) is 0 Å². The molecule has 0 saturated heterocycles. The second-order valence-electron chi connectivity index (χ2n) is 5.12. The van der Waals surface area contributed by atoms with E-state index < -0.39 is 10.0 Å². The van der Waals surface area contributed by atoms with Crippen molar-refractivity contribution in [3.63, 3.8) is 0 Å². The molecule has 0 spiro atoms. The fourth-order valence-corrected chi connectivity index (χ4v) is 3.01. The van der Waals surface area contributed by atoms with Gasteiger partial charge < -0.3 is 4.52 Å². The molecular formula is C13H20N4O3S. The van der Waals surface area contributed by atoms with Gasteiger partial charge in [-0.3, -0.25) is 4.68 Å². The van der Waals surface area contributed by atoms with Gasteiger partial charge in [-0.15, -0.1) is 0 Å². The normalized spacial score (nSPS) is 12.2. The molecule has 2 aromatic rings. The highest BCUT2D eigenvalue weighted by molar-refractivity contribution is 7.89. The van der Waals surface area contributed by atoms with Crippen LogP contribution in [0.3, 0.4) is 0 Å². The van der Waals surface area contributed by atoms with Crippen LogP contribution in [0.25, 0.3) is 0 Å². The fourth-order valence-electron chi connectivity index (χ4n) is 1.84. The summed E-state index contributed by atoms with van der Waals surface area (Å²) in [5, 5.41) is 8.04. The van der Waals surface area contributed by atoms with Crippen molar-refractivity contribution in [2.75, 3.05) is 0 Å². The third kappa shape index (κ3) is 3.51. The molecule has 0 atom stereocenters. The highest BCUT2D eigenvalue weighted by atomic mass is 32.2. The van der Waals surface area contributed by atoms with Crippen molar-refractivity contribution in [3.05, 3.63) is 29.4 Å². The first-order valence-electron chi connectivity index (χ1n) is 6.83. The molecule has 0 radical (unpaired) electrons. The van der Waals surface area contributed by atoms with Crippen molar-refractivity contribution in [2.45, 2.75) is 51.6 Å². The molecule has 0 aromatic carbocycles. The molecule has 21 heavy (non-hydrogen) atoms. The van der Waals surface area contributed by atoms with Crippen molar-refractivity contribution in [3.8, 4) is 0 Å². The zero-order chi connectivity index (χ0) is 15.6. The molecule has 2 rings (SSSR count). The summed E-state index contributed by atoms with van der Waals surface area (Å²) in [5.41, 5.74) is 1.27. The van der Waals surface area contributed by atoms with Gasteiger partial charge in [0, 0.05) is 18.3 Å². The third-order valence-corrected chi connectivity index (χ3v) is 4.60. The Morgan fingerprint density at radius 2 is 2.14 bits per heavy atom. The van der Waals surface area contributed by atoms with E-state index >= 15 is 0 Å². The highest BCUT2D eigenvalue weighted by Crippen LogP contribution is 2.16. The molecule has 0 saturated carbocycles. The Bertz CT molecular complexity index is 716. The van der Waals surface area contributed by atoms with Crippen LogP contribution in [0.1, 0.15) is 44.0 Å². The lowest BCUT2D eigenvalue weighted by Crippen LogP contribution is -2.23. The third-order valence-electron chi connectivity index (χ3n) is 3.10. The Balaban J connectivity index is 2.14. The van der Waals surface area contributed by atoms with Crippen LogP contribution in [0.4, 0.5) is 0 Å². The highest BCUT2D eigenvalue weighted by Gasteiger charge is 2.21. The summed E-state index contributed by atoms with van der Waals surface area (Å²) in [5.74, 6) is 0.490. The molecule has 2 aromatic heterocycles. The maximum Gasteiger partial charge on any atom is 0.244 e. The monoisotopic (exact) mass is 312 g/mol. The minimum absolute atomic E-state index is 0.0711. The van der Waals surface area contributed by atoms with Crippen molar-refractivity contribution in [2.24, 2.45) is 0 Å². The molecule has 7 nitrogen and oxygen atoms in total. The van der Waals surface area contributed by atoms with Crippen LogP contribution in [0.2, 0.25) is 0 Å². The van der Waals surface area contributed by atoms with Crippen LogP contribution in [-0.4, -0.2) is 23.4 Å². The Labute approximate surface area is 124 Å². The van der Waals surface area contributed by atoms with E-state index in [1.165, 1.54) is 0 Å². The number of hydrogen-bond acceptors (Lipinski definition) is 5. The van der Waals surface area contributed by atoms with E-state index in [9.17, 15) is 8.42 Å². The molecule has 0 unspecified atom stereocenters. The summed E-state index contributed by atoms with van der Waals surface area (Å²) in [6.07, 6.45) is 2.29. The maximum absolute atomic E-state index is 12.3. The Kier molecular flexibility index (Phi) is 4.48. The molecule has 1 N–H and O–H groups in total. The fraction of sp³-hybridized carbons (Fsp3) is 0.538. The number of rotatable bonds is 6. The first-order chi connectivity index (χ1) is 9.83. The lowest BCUT2D eigenvalue weighted by Gasteiger charge is -2.04. The molecule has 0 amide bonds. The zero-order valence-electron chi connectivity index (χ0n) is 12.6. The molecule has 0 aliphatic carbocycles. The van der Waals surface area contributed by atoms with Gasteiger partial charge in [-0.25, -0.2) is 13.1 Å². The molecule has 116 valence electrons. The quantitative estimate of drug-likeness (QED) is 0.878. The van der Waals surface area contributed by atoms with Crippen LogP contribution in [0, 0.1) is 6.92 Å². The Morgan fingerprint density at radius 3 is 2.67 bits per heavy atom. The summed E-state index contributed by atoms with van der Waals surface area (Å²) in [7, 11) is -3.62. The predicted molar refractivity (Wildman–Crippen MR) is 77.3 cm³/mol. The van der Waals surface area contributed by atoms with Gasteiger partial charge in [0.2, 0.25) is 10.0 Å². The van der Waals surface area contributed by atoms with E-state index in [0.717, 1.165) is 12.1 Å². The number of sulfonamides is 1. The molecule has 0 aliphatic rings. The van der Waals surface area contributed by atoms with Gasteiger partial charge in [-0.05, 0) is 27.2 Å². The van der Waals surface area contributed by atoms with E-state index in [0.29, 0.717) is 11.5 Å². The number of aryl methyl sites for hydroxylation is 2. The number of nitrogens with zero attached hydrogens (tertiary/aromatic N) is 3. The van der Waals surface area contributed by atoms with Crippen molar-refractivity contribution >= 4 is 10.0 Å². The van der Waals surface area contributed by atoms with Crippen LogP contribution in [0.15, 0.2) is 21.7 Å². The average Bonchev–Trinajstić information content (AvgIpc) is 3.03. The summed E-state index contributed by atoms with van der Waals surface area (Å²) >= 11 is 0. The minimum atomic E-state index is -3.62. The smallest absolute Gasteiger partial charge is 0.244 e. The Morgan fingerprint density at radius 1 is 1.43 bits per heavy atom. The number of nitrogens with one attached hydrogen (secondary N) is 1. The van der Waals surface area contributed by atoms with Crippen molar-refractivity contribution < 1.29 is 12.9 Å². The first kappa shape index (κ1) is 15.7. The lowest BCUT2D eigenvalue weighted by atomic mass is 10.3. The zero-order valence-corrected chi connectivity index (χ0v) is 13.4. The summed E-state index contributed by atoms with van der Waals surface area (Å²) in [4.78, 5) is 0.187. The largest absolute Gasteiger partial charge is 0.360 e. The van der Waals surface area contributed by atoms with Gasteiger partial charge in [0.1, 0.15) is 4.90 Å². The van der Waals surface area contributed by atoms with Crippen molar-refractivity contribution in [1.82, 2.24) is 19.7 Å². The molecular weight excluding hydrogens is 292 g/mol. The van der Waals surface area contributed by atoms with E-state index in [-0.39, 0.29) is 17.5 Å². The number of aromatic nitrogens is 3. The van der Waals surface area contributed by atoms with Crippen LogP contribution in [-0.2, 0) is 23.0 Å². The van der Waals surface area contributed by atoms with E-state index in [2.05, 4.69) is 15.0 Å². The minimum Gasteiger partial charge on any atom is -0.360 e. The van der Waals surface area contributed by atoms with Gasteiger partial charge in [0.25, 0.3) is 0 Å². The molecule has 0 aliphatic heterocycles. The average molecular weight is 312 g/mol. The van der Waals surface area contributed by atoms with Crippen LogP contribution < -0.4 is 4.72 Å². The SMILES string of the molecule is CCc1cc(CNS(=O)(=O)c2cn(C(C)C)nc2C)on1. The van der Waals surface area contributed by atoms with Gasteiger partial charge in [0.15, 0.2) is 5.76 Å². The second kappa shape index (κ2) is 5.98. The summed E-state index contributed by atoms with van der Waals surface area (Å²) in [6, 6.07) is 1.85. The number of hydrogen-bond donors (Lipinski definition) is 1. The lowest BCUT2D eigenvalue weighted by molar-refractivity contribution is 0.375. The Hall–Kier alpha value is -1.67. The summed E-state index contributed by atoms with van der Waals surface area (Å²) in [6.45, 7) is 7.59. The standard InChI is InChI=1S/C13H20N4O3S/c1-5-11-6-12(20-16-11)7-14-21(18,19)13-8-17(9(2)3)15-10(13)4/h6,8-9,14H,5,7H2,1-4H3. The first-order valence-corrected chi connectivity index (χ1v) is 8.31. The van der Waals surface area contributed by atoms with Gasteiger partial charge in [-0.2, -0.15) is 5.10 Å². The van der Waals surface area contributed by atoms with Gasteiger partial charge >= 0.3 is 0 Å². The second-order valence-corrected chi connectivity index (χ2v) is 6.85. The topological polar surface area (TPSA) is 90.0 Å². The predicted octanol–water partition coefficient (Wildman–Crippen LogP) is 1.80. The molecule has 0 fully saturated rings. The van der Waals surface area contributed by atoms with Gasteiger partial charge in [-0.1, -0.05) is 12.1 Å².